The number of carbonyl (C=O) groups excluding carboxylic acids is 1. The molecule has 0 spiro atoms. The van der Waals surface area contributed by atoms with Gasteiger partial charge >= 0.3 is 0 Å². The summed E-state index contributed by atoms with van der Waals surface area (Å²) in [6, 6.07) is 22.6. The lowest BCUT2D eigenvalue weighted by Gasteiger charge is -2.24. The maximum atomic E-state index is 13.6. The number of aryl methyl sites for hydroxylation is 3. The van der Waals surface area contributed by atoms with Gasteiger partial charge in [0.1, 0.15) is 0 Å². The van der Waals surface area contributed by atoms with Gasteiger partial charge in [0.05, 0.1) is 17.7 Å². The van der Waals surface area contributed by atoms with Crippen molar-refractivity contribution in [1.82, 2.24) is 9.73 Å². The summed E-state index contributed by atoms with van der Waals surface area (Å²) < 4.78 is 28.5. The Hall–Kier alpha value is -3.29. The molecule has 0 saturated heterocycles. The molecule has 33 heavy (non-hydrogen) atoms. The third-order valence-corrected chi connectivity index (χ3v) is 7.37. The zero-order valence-electron chi connectivity index (χ0n) is 19.2. The second kappa shape index (κ2) is 11.0. The minimum atomic E-state index is -3.90. The lowest BCUT2D eigenvalue weighted by Crippen LogP contribution is -2.41. The smallest absolute Gasteiger partial charge is 0.255 e. The molecule has 0 unspecified atom stereocenters. The molecule has 0 saturated carbocycles. The molecule has 3 aromatic rings. The molecule has 172 valence electrons. The molecule has 0 radical (unpaired) electrons. The molecule has 7 heteroatoms. The van der Waals surface area contributed by atoms with Crippen molar-refractivity contribution in [3.05, 3.63) is 101 Å². The molecule has 1 amide bonds. The average Bonchev–Trinajstić information content (AvgIpc) is 2.77. The average molecular weight is 464 g/mol. The van der Waals surface area contributed by atoms with Crippen molar-refractivity contribution in [2.45, 2.75) is 32.1 Å². The Kier molecular flexibility index (Phi) is 8.14. The molecule has 0 fully saturated rings. The van der Waals surface area contributed by atoms with Crippen LogP contribution >= 0.6 is 0 Å². The van der Waals surface area contributed by atoms with Gasteiger partial charge in [-0.3, -0.25) is 4.79 Å². The minimum Gasteiger partial charge on any atom is -0.272 e. The molecule has 6 nitrogen and oxygen atoms in total. The van der Waals surface area contributed by atoms with Crippen LogP contribution in [-0.2, 0) is 21.2 Å². The number of carbonyl (C=O) groups is 1. The fourth-order valence-electron chi connectivity index (χ4n) is 3.80. The molecule has 0 atom stereocenters. The largest absolute Gasteiger partial charge is 0.272 e. The first-order valence-corrected chi connectivity index (χ1v) is 12.2. The fourth-order valence-corrected chi connectivity index (χ4v) is 5.61. The van der Waals surface area contributed by atoms with Gasteiger partial charge in [-0.05, 0) is 49.4 Å². The first-order chi connectivity index (χ1) is 15.8. The number of sulfonamides is 1. The highest BCUT2D eigenvalue weighted by molar-refractivity contribution is 7.89. The van der Waals surface area contributed by atoms with Crippen molar-refractivity contribution in [1.29, 1.82) is 0 Å². The van der Waals surface area contributed by atoms with E-state index < -0.39 is 15.9 Å². The van der Waals surface area contributed by atoms with Crippen molar-refractivity contribution in [3.63, 3.8) is 0 Å². The highest BCUT2D eigenvalue weighted by atomic mass is 32.2. The maximum Gasteiger partial charge on any atom is 0.255 e. The van der Waals surface area contributed by atoms with E-state index in [1.807, 2.05) is 79.7 Å². The van der Waals surface area contributed by atoms with E-state index in [1.165, 1.54) is 10.5 Å². The van der Waals surface area contributed by atoms with E-state index in [0.717, 1.165) is 16.7 Å². The Bertz CT molecular complexity index is 1200. The van der Waals surface area contributed by atoms with Crippen LogP contribution in [0, 0.1) is 20.8 Å². The van der Waals surface area contributed by atoms with Crippen LogP contribution in [0.25, 0.3) is 0 Å². The number of hydrazone groups is 1. The summed E-state index contributed by atoms with van der Waals surface area (Å²) in [5, 5.41) is 3.97. The van der Waals surface area contributed by atoms with Crippen LogP contribution in [-0.4, -0.2) is 37.9 Å². The van der Waals surface area contributed by atoms with Gasteiger partial charge in [0, 0.05) is 6.54 Å². The van der Waals surface area contributed by atoms with Crippen LogP contribution in [0.4, 0.5) is 0 Å². The first kappa shape index (κ1) is 24.4. The Morgan fingerprint density at radius 3 is 2.12 bits per heavy atom. The van der Waals surface area contributed by atoms with Crippen LogP contribution < -0.4 is 5.43 Å². The van der Waals surface area contributed by atoms with Crippen molar-refractivity contribution in [2.24, 2.45) is 5.10 Å². The van der Waals surface area contributed by atoms with Crippen molar-refractivity contribution < 1.29 is 13.2 Å². The summed E-state index contributed by atoms with van der Waals surface area (Å²) in [7, 11) is -3.90. The summed E-state index contributed by atoms with van der Waals surface area (Å²) in [6.45, 7) is 5.35. The predicted octanol–water partition coefficient (Wildman–Crippen LogP) is 4.00. The number of nitrogens with zero attached hydrogens (tertiary/aromatic N) is 2. The number of amides is 1. The zero-order chi connectivity index (χ0) is 23.8. The minimum absolute atomic E-state index is 0.176. The van der Waals surface area contributed by atoms with Crippen LogP contribution in [0.3, 0.4) is 0 Å². The quantitative estimate of drug-likeness (QED) is 0.385. The van der Waals surface area contributed by atoms with E-state index in [2.05, 4.69) is 10.5 Å². The lowest BCUT2D eigenvalue weighted by atomic mass is 10.1. The number of nitrogens with one attached hydrogen (secondary N) is 1. The molecule has 0 bridgehead atoms. The van der Waals surface area contributed by atoms with Gasteiger partial charge in [0.2, 0.25) is 10.0 Å². The van der Waals surface area contributed by atoms with Crippen molar-refractivity contribution in [3.8, 4) is 0 Å². The molecule has 1 N–H and O–H groups in total. The van der Waals surface area contributed by atoms with E-state index in [4.69, 9.17) is 0 Å². The SMILES string of the molecule is Cc1cc(C)c(S(=O)(=O)N(CCc2ccccc2)CC(=O)N/N=C/c2ccccc2)c(C)c1. The molecular weight excluding hydrogens is 434 g/mol. The second-order valence-corrected chi connectivity index (χ2v) is 9.88. The Balaban J connectivity index is 1.82. The Morgan fingerprint density at radius 2 is 1.52 bits per heavy atom. The highest BCUT2D eigenvalue weighted by Gasteiger charge is 2.29. The van der Waals surface area contributed by atoms with Gasteiger partial charge < -0.3 is 0 Å². The summed E-state index contributed by atoms with van der Waals surface area (Å²) in [6.07, 6.45) is 2.01. The molecule has 3 aromatic carbocycles. The molecular formula is C26H29N3O3S. The van der Waals surface area contributed by atoms with E-state index >= 15 is 0 Å². The summed E-state index contributed by atoms with van der Waals surface area (Å²) >= 11 is 0. The highest BCUT2D eigenvalue weighted by Crippen LogP contribution is 2.25. The predicted molar refractivity (Wildman–Crippen MR) is 132 cm³/mol. The summed E-state index contributed by atoms with van der Waals surface area (Å²) in [5.41, 5.74) is 6.60. The Morgan fingerprint density at radius 1 is 0.939 bits per heavy atom. The second-order valence-electron chi connectivity index (χ2n) is 8.01. The van der Waals surface area contributed by atoms with Gasteiger partial charge in [-0.15, -0.1) is 0 Å². The van der Waals surface area contributed by atoms with Crippen molar-refractivity contribution >= 4 is 22.1 Å². The molecule has 0 aromatic heterocycles. The molecule has 3 rings (SSSR count). The van der Waals surface area contributed by atoms with E-state index in [1.54, 1.807) is 13.8 Å². The third-order valence-electron chi connectivity index (χ3n) is 5.22. The topological polar surface area (TPSA) is 78.8 Å². The number of hydrogen-bond acceptors (Lipinski definition) is 4. The number of benzene rings is 3. The standard InChI is InChI=1S/C26H29N3O3S/c1-20-16-21(2)26(22(3)17-20)33(31,32)29(15-14-23-10-6-4-7-11-23)19-25(30)28-27-18-24-12-8-5-9-13-24/h4-13,16-18H,14-15,19H2,1-3H3,(H,28,30)/b27-18+. The fraction of sp³-hybridized carbons (Fsp3) is 0.231. The molecule has 0 heterocycles. The zero-order valence-corrected chi connectivity index (χ0v) is 20.0. The van der Waals surface area contributed by atoms with Gasteiger partial charge in [0.15, 0.2) is 0 Å². The molecule has 0 aliphatic rings. The van der Waals surface area contributed by atoms with E-state index in [9.17, 15) is 13.2 Å². The summed E-state index contributed by atoms with van der Waals surface area (Å²) in [5.74, 6) is -0.499. The monoisotopic (exact) mass is 463 g/mol. The molecule has 0 aliphatic carbocycles. The van der Waals surface area contributed by atoms with Crippen LogP contribution in [0.5, 0.6) is 0 Å². The Labute approximate surface area is 196 Å². The van der Waals surface area contributed by atoms with Gasteiger partial charge in [-0.1, -0.05) is 78.4 Å². The number of rotatable bonds is 9. The van der Waals surface area contributed by atoms with Gasteiger partial charge in [-0.2, -0.15) is 9.41 Å². The van der Waals surface area contributed by atoms with Gasteiger partial charge in [0.25, 0.3) is 5.91 Å². The lowest BCUT2D eigenvalue weighted by molar-refractivity contribution is -0.121. The van der Waals surface area contributed by atoms with E-state index in [0.29, 0.717) is 17.5 Å². The van der Waals surface area contributed by atoms with Crippen LogP contribution in [0.1, 0.15) is 27.8 Å². The first-order valence-electron chi connectivity index (χ1n) is 10.8. The number of hydrogen-bond donors (Lipinski definition) is 1. The van der Waals surface area contributed by atoms with Crippen LogP contribution in [0.15, 0.2) is 82.8 Å². The maximum absolute atomic E-state index is 13.6. The third kappa shape index (κ3) is 6.60. The summed E-state index contributed by atoms with van der Waals surface area (Å²) in [4.78, 5) is 12.9. The van der Waals surface area contributed by atoms with Crippen LogP contribution in [0.2, 0.25) is 0 Å². The normalized spacial score (nSPS) is 11.8. The van der Waals surface area contributed by atoms with Gasteiger partial charge in [-0.25, -0.2) is 13.8 Å². The van der Waals surface area contributed by atoms with E-state index in [-0.39, 0.29) is 18.0 Å². The van der Waals surface area contributed by atoms with Crippen molar-refractivity contribution in [2.75, 3.05) is 13.1 Å². The molecule has 0 aliphatic heterocycles.